The van der Waals surface area contributed by atoms with Crippen molar-refractivity contribution in [1.29, 1.82) is 0 Å². The first-order valence-electron chi connectivity index (χ1n) is 6.20. The Kier molecular flexibility index (Phi) is 8.33. The van der Waals surface area contributed by atoms with Gasteiger partial charge in [0.25, 0.3) is 0 Å². The van der Waals surface area contributed by atoms with Gasteiger partial charge in [-0.05, 0) is 0 Å². The Morgan fingerprint density at radius 2 is 1.28 bits per heavy atom. The van der Waals surface area contributed by atoms with Crippen molar-refractivity contribution in [3.8, 4) is 0 Å². The summed E-state index contributed by atoms with van der Waals surface area (Å²) in [4.78, 5) is 0. The number of halogens is 2. The summed E-state index contributed by atoms with van der Waals surface area (Å²) in [5.41, 5.74) is 3.01. The van der Waals surface area contributed by atoms with Crippen LogP contribution >= 0.6 is 0 Å². The van der Waals surface area contributed by atoms with Crippen molar-refractivity contribution in [1.82, 2.24) is 0 Å². The summed E-state index contributed by atoms with van der Waals surface area (Å²) in [6.07, 6.45) is 12.4. The molecule has 0 heterocycles. The minimum atomic E-state index is -1.37. The van der Waals surface area contributed by atoms with Crippen molar-refractivity contribution in [2.24, 2.45) is 0 Å². The van der Waals surface area contributed by atoms with Crippen LogP contribution < -0.4 is 24.8 Å². The molecule has 2 rings (SSSR count). The maximum Gasteiger partial charge on any atom is -1.00 e. The molecule has 4 heteroatoms. The van der Waals surface area contributed by atoms with Crippen LogP contribution in [-0.2, 0) is 20.9 Å². The molecule has 0 saturated heterocycles. The largest absolute Gasteiger partial charge is 1.00 e. The van der Waals surface area contributed by atoms with Crippen LogP contribution in [0.15, 0.2) is 42.0 Å². The average Bonchev–Trinajstić information content (AvgIpc) is 2.76. The first-order chi connectivity index (χ1) is 7.58. The van der Waals surface area contributed by atoms with E-state index in [-0.39, 0.29) is 24.8 Å². The van der Waals surface area contributed by atoms with E-state index in [1.54, 1.807) is 0 Å². The van der Waals surface area contributed by atoms with Gasteiger partial charge in [0, 0.05) is 0 Å². The van der Waals surface area contributed by atoms with E-state index in [0.29, 0.717) is 0 Å². The molecule has 18 heavy (non-hydrogen) atoms. The van der Waals surface area contributed by atoms with Crippen molar-refractivity contribution in [2.75, 3.05) is 0 Å². The van der Waals surface area contributed by atoms with Crippen molar-refractivity contribution in [2.45, 2.75) is 39.8 Å². The normalized spacial score (nSPS) is 17.4. The van der Waals surface area contributed by atoms with Crippen LogP contribution in [0.25, 0.3) is 0 Å². The third-order valence-corrected chi connectivity index (χ3v) is 22.5. The molecule has 0 amide bonds. The van der Waals surface area contributed by atoms with Crippen LogP contribution in [0.3, 0.4) is 0 Å². The van der Waals surface area contributed by atoms with E-state index in [2.05, 4.69) is 51.2 Å². The monoisotopic (exact) mass is 377 g/mol. The SMILES string of the molecule is CC1=CC[C]([Zr+2]([C]2=CC(C)=CC2)[SiH](C)C)=C1.[Cl-].[Cl-]. The van der Waals surface area contributed by atoms with Crippen LogP contribution in [0.4, 0.5) is 0 Å². The van der Waals surface area contributed by atoms with Crippen LogP contribution in [0, 0.1) is 0 Å². The molecule has 0 aliphatic heterocycles. The Balaban J connectivity index is 0.00000144. The standard InChI is InChI=1S/2C6H7.C2H7Si.2ClH.Zr/c2*1-6-4-2-3-5-6;1-3-2;;;/h2*4-5H,2H2,1H3;3H,1-2H3;2*1H;/q;;;;;+2/p-2. The zero-order valence-electron chi connectivity index (χ0n) is 11.6. The van der Waals surface area contributed by atoms with Crippen LogP contribution in [-0.4, -0.2) is 5.92 Å². The van der Waals surface area contributed by atoms with Gasteiger partial charge in [-0.2, -0.15) is 0 Å². The molecule has 0 spiro atoms. The Morgan fingerprint density at radius 1 is 0.889 bits per heavy atom. The predicted molar refractivity (Wildman–Crippen MR) is 71.8 cm³/mol. The predicted octanol–water partition coefficient (Wildman–Crippen LogP) is -1.94. The van der Waals surface area contributed by atoms with Crippen LogP contribution in [0.1, 0.15) is 26.7 Å². The molecule has 0 bridgehead atoms. The van der Waals surface area contributed by atoms with Crippen molar-refractivity contribution >= 4 is 5.92 Å². The Morgan fingerprint density at radius 3 is 1.50 bits per heavy atom. The molecular formula is C14H21Cl2SiZr. The van der Waals surface area contributed by atoms with Gasteiger partial charge in [-0.3, -0.25) is 0 Å². The second kappa shape index (κ2) is 8.04. The molecule has 0 aromatic heterocycles. The first kappa shape index (κ1) is 18.6. The molecule has 2 aliphatic carbocycles. The molecule has 0 radical (unpaired) electrons. The first-order valence-corrected chi connectivity index (χ1v) is 15.8. The Bertz CT molecular complexity index is 384. The number of rotatable bonds is 3. The molecule has 0 fully saturated rings. The quantitative estimate of drug-likeness (QED) is 0.501. The van der Waals surface area contributed by atoms with Gasteiger partial charge in [-0.25, -0.2) is 0 Å². The Hall–Kier alpha value is 0.640. The van der Waals surface area contributed by atoms with E-state index >= 15 is 0 Å². The van der Waals surface area contributed by atoms with E-state index in [0.717, 1.165) is 0 Å². The number of hydrogen-bond donors (Lipinski definition) is 0. The zero-order chi connectivity index (χ0) is 11.7. The second-order valence-corrected chi connectivity index (χ2v) is 24.6. The summed E-state index contributed by atoms with van der Waals surface area (Å²) in [7, 11) is 0. The third-order valence-electron chi connectivity index (χ3n) is 3.36. The maximum absolute atomic E-state index is 2.57. The van der Waals surface area contributed by atoms with Gasteiger partial charge >= 0.3 is 109 Å². The van der Waals surface area contributed by atoms with Gasteiger partial charge in [-0.1, -0.05) is 0 Å². The number of allylic oxidation sites excluding steroid dienone is 8. The summed E-state index contributed by atoms with van der Waals surface area (Å²) in [6.45, 7) is 9.64. The van der Waals surface area contributed by atoms with E-state index in [1.165, 1.54) is 24.0 Å². The summed E-state index contributed by atoms with van der Waals surface area (Å²) in [5.74, 6) is -0.453. The zero-order valence-corrected chi connectivity index (χ0v) is 16.7. The average molecular weight is 380 g/mol. The second-order valence-electron chi connectivity index (χ2n) is 5.21. The fraction of sp³-hybridized carbons (Fsp3) is 0.429. The molecule has 99 valence electrons. The summed E-state index contributed by atoms with van der Waals surface area (Å²) < 4.78 is 3.74. The topological polar surface area (TPSA) is 0 Å². The van der Waals surface area contributed by atoms with E-state index < -0.39 is 26.8 Å². The molecule has 0 N–H and O–H groups in total. The van der Waals surface area contributed by atoms with Gasteiger partial charge in [0.15, 0.2) is 0 Å². The van der Waals surface area contributed by atoms with Crippen molar-refractivity contribution in [3.63, 3.8) is 0 Å². The molecular weight excluding hydrogens is 358 g/mol. The molecule has 0 unspecified atom stereocenters. The van der Waals surface area contributed by atoms with Crippen LogP contribution in [0.5, 0.6) is 0 Å². The molecule has 0 atom stereocenters. The van der Waals surface area contributed by atoms with Gasteiger partial charge in [-0.15, -0.1) is 0 Å². The molecule has 0 nitrogen and oxygen atoms in total. The summed E-state index contributed by atoms with van der Waals surface area (Å²) in [5, 5.41) is 0. The summed E-state index contributed by atoms with van der Waals surface area (Å²) >= 11 is -1.37. The van der Waals surface area contributed by atoms with Crippen molar-refractivity contribution < 1.29 is 45.7 Å². The maximum atomic E-state index is 2.57. The molecule has 0 aromatic rings. The Labute approximate surface area is 132 Å². The van der Waals surface area contributed by atoms with Gasteiger partial charge < -0.3 is 24.8 Å². The van der Waals surface area contributed by atoms with E-state index in [1.807, 2.05) is 6.56 Å². The minimum absolute atomic E-state index is 0. The fourth-order valence-corrected chi connectivity index (χ4v) is 21.9. The van der Waals surface area contributed by atoms with E-state index in [9.17, 15) is 0 Å². The van der Waals surface area contributed by atoms with E-state index in [4.69, 9.17) is 0 Å². The number of hydrogen-bond acceptors (Lipinski definition) is 0. The smallest absolute Gasteiger partial charge is 1.00 e. The van der Waals surface area contributed by atoms with Gasteiger partial charge in [0.05, 0.1) is 0 Å². The molecule has 0 saturated carbocycles. The minimum Gasteiger partial charge on any atom is -1.00 e. The molecule has 2 aliphatic rings. The van der Waals surface area contributed by atoms with Crippen LogP contribution in [0.2, 0.25) is 13.1 Å². The molecule has 0 aromatic carbocycles. The fourth-order valence-electron chi connectivity index (χ4n) is 2.65. The van der Waals surface area contributed by atoms with Crippen molar-refractivity contribution in [3.05, 3.63) is 42.0 Å². The van der Waals surface area contributed by atoms with Gasteiger partial charge in [0.2, 0.25) is 0 Å². The van der Waals surface area contributed by atoms with Gasteiger partial charge in [0.1, 0.15) is 0 Å². The summed E-state index contributed by atoms with van der Waals surface area (Å²) in [6, 6.07) is 0. The third kappa shape index (κ3) is 4.34.